The van der Waals surface area contributed by atoms with Gasteiger partial charge in [-0.1, -0.05) is 12.1 Å². The van der Waals surface area contributed by atoms with E-state index in [9.17, 15) is 4.79 Å². The summed E-state index contributed by atoms with van der Waals surface area (Å²) in [4.78, 5) is 12.5. The molecule has 2 heterocycles. The van der Waals surface area contributed by atoms with E-state index in [-0.39, 0.29) is 5.91 Å². The zero-order chi connectivity index (χ0) is 18.8. The van der Waals surface area contributed by atoms with E-state index in [4.69, 9.17) is 9.47 Å². The van der Waals surface area contributed by atoms with E-state index in [0.717, 1.165) is 17.0 Å². The summed E-state index contributed by atoms with van der Waals surface area (Å²) in [5, 5.41) is 7.37. The molecule has 0 bridgehead atoms. The molecule has 6 heteroatoms. The van der Waals surface area contributed by atoms with Gasteiger partial charge in [0.15, 0.2) is 11.5 Å². The lowest BCUT2D eigenvalue weighted by Crippen LogP contribution is -2.16. The summed E-state index contributed by atoms with van der Waals surface area (Å²) in [6, 6.07) is 15.0. The highest BCUT2D eigenvalue weighted by Gasteiger charge is 2.13. The van der Waals surface area contributed by atoms with Crippen molar-refractivity contribution in [2.75, 3.05) is 18.5 Å². The minimum absolute atomic E-state index is 0.163. The van der Waals surface area contributed by atoms with Crippen LogP contribution in [-0.2, 0) is 6.54 Å². The third-order valence-electron chi connectivity index (χ3n) is 4.45. The predicted molar refractivity (Wildman–Crippen MR) is 103 cm³/mol. The Labute approximate surface area is 157 Å². The first-order valence-corrected chi connectivity index (χ1v) is 8.89. The molecule has 4 rings (SSSR count). The summed E-state index contributed by atoms with van der Waals surface area (Å²) in [5.74, 6) is 1.19. The van der Waals surface area contributed by atoms with Crippen LogP contribution in [0.1, 0.15) is 27.3 Å². The molecule has 27 heavy (non-hydrogen) atoms. The fourth-order valence-corrected chi connectivity index (χ4v) is 3.09. The van der Waals surface area contributed by atoms with E-state index in [1.54, 1.807) is 6.07 Å². The number of carbonyl (C=O) groups is 1. The number of hydrogen-bond donors (Lipinski definition) is 1. The minimum atomic E-state index is -0.163. The summed E-state index contributed by atoms with van der Waals surface area (Å²) in [7, 11) is 0. The number of ether oxygens (including phenoxy) is 2. The third kappa shape index (κ3) is 3.79. The second-order valence-corrected chi connectivity index (χ2v) is 6.59. The number of nitrogens with one attached hydrogen (secondary N) is 1. The molecule has 0 unspecified atom stereocenters. The van der Waals surface area contributed by atoms with E-state index in [1.807, 2.05) is 54.9 Å². The van der Waals surface area contributed by atoms with Crippen molar-refractivity contribution in [3.63, 3.8) is 0 Å². The molecule has 0 fully saturated rings. The lowest BCUT2D eigenvalue weighted by atomic mass is 10.1. The Morgan fingerprint density at radius 1 is 1.04 bits per heavy atom. The van der Waals surface area contributed by atoms with Crippen molar-refractivity contribution in [3.05, 3.63) is 71.0 Å². The number of benzene rings is 2. The second-order valence-electron chi connectivity index (χ2n) is 6.59. The van der Waals surface area contributed by atoms with Crippen LogP contribution in [0.15, 0.2) is 48.5 Å². The van der Waals surface area contributed by atoms with Gasteiger partial charge in [0.1, 0.15) is 13.2 Å². The van der Waals surface area contributed by atoms with Crippen molar-refractivity contribution in [2.24, 2.45) is 0 Å². The average Bonchev–Trinajstić information content (AvgIpc) is 2.99. The molecule has 1 aliphatic heterocycles. The van der Waals surface area contributed by atoms with Crippen LogP contribution >= 0.6 is 0 Å². The number of carbonyl (C=O) groups excluding carboxylic acids is 1. The lowest BCUT2D eigenvalue weighted by molar-refractivity contribution is 0.102. The van der Waals surface area contributed by atoms with Crippen LogP contribution in [0.3, 0.4) is 0 Å². The highest BCUT2D eigenvalue weighted by molar-refractivity contribution is 6.04. The number of anilines is 1. The Hall–Kier alpha value is -3.28. The number of aromatic nitrogens is 2. The first-order chi connectivity index (χ1) is 13.1. The quantitative estimate of drug-likeness (QED) is 0.770. The molecular formula is C21H21N3O3. The van der Waals surface area contributed by atoms with Gasteiger partial charge in [0, 0.05) is 23.0 Å². The first-order valence-electron chi connectivity index (χ1n) is 8.89. The van der Waals surface area contributed by atoms with Gasteiger partial charge < -0.3 is 14.8 Å². The highest BCUT2D eigenvalue weighted by Crippen LogP contribution is 2.32. The van der Waals surface area contributed by atoms with Crippen LogP contribution in [0.5, 0.6) is 11.5 Å². The van der Waals surface area contributed by atoms with Crippen LogP contribution in [0.2, 0.25) is 0 Å². The van der Waals surface area contributed by atoms with Gasteiger partial charge in [-0.15, -0.1) is 0 Å². The van der Waals surface area contributed by atoms with Crippen LogP contribution in [0, 0.1) is 13.8 Å². The van der Waals surface area contributed by atoms with Gasteiger partial charge >= 0.3 is 0 Å². The summed E-state index contributed by atoms with van der Waals surface area (Å²) >= 11 is 0. The SMILES string of the molecule is Cc1cc(C)n(Cc2ccc(C(=O)Nc3ccc4c(c3)OCCO4)cc2)n1. The second kappa shape index (κ2) is 7.15. The number of nitrogens with zero attached hydrogens (tertiary/aromatic N) is 2. The standard InChI is InChI=1S/C21H21N3O3/c1-14-11-15(2)24(23-14)13-16-3-5-17(6-4-16)21(25)22-18-7-8-19-20(12-18)27-10-9-26-19/h3-8,11-12H,9-10,13H2,1-2H3,(H,22,25). The number of aryl methyl sites for hydroxylation is 2. The third-order valence-corrected chi connectivity index (χ3v) is 4.45. The smallest absolute Gasteiger partial charge is 0.255 e. The normalized spacial score (nSPS) is 12.7. The van der Waals surface area contributed by atoms with Gasteiger partial charge in [-0.2, -0.15) is 5.10 Å². The maximum atomic E-state index is 12.5. The van der Waals surface area contributed by atoms with E-state index in [2.05, 4.69) is 16.5 Å². The van der Waals surface area contributed by atoms with E-state index in [1.165, 1.54) is 0 Å². The van der Waals surface area contributed by atoms with E-state index >= 15 is 0 Å². The molecule has 138 valence electrons. The largest absolute Gasteiger partial charge is 0.486 e. The van der Waals surface area contributed by atoms with Crippen LogP contribution in [-0.4, -0.2) is 28.9 Å². The van der Waals surface area contributed by atoms with Gasteiger partial charge in [0.05, 0.1) is 12.2 Å². The van der Waals surface area contributed by atoms with Gasteiger partial charge in [0.2, 0.25) is 0 Å². The molecule has 1 N–H and O–H groups in total. The molecule has 1 aliphatic rings. The predicted octanol–water partition coefficient (Wildman–Crippen LogP) is 3.57. The molecule has 0 atom stereocenters. The Morgan fingerprint density at radius 3 is 2.48 bits per heavy atom. The molecule has 1 amide bonds. The van der Waals surface area contributed by atoms with Gasteiger partial charge in [0.25, 0.3) is 5.91 Å². The number of amides is 1. The van der Waals surface area contributed by atoms with Crippen molar-refractivity contribution in [1.29, 1.82) is 0 Å². The van der Waals surface area contributed by atoms with Crippen molar-refractivity contribution >= 4 is 11.6 Å². The zero-order valence-corrected chi connectivity index (χ0v) is 15.4. The van der Waals surface area contributed by atoms with Gasteiger partial charge in [-0.25, -0.2) is 0 Å². The fourth-order valence-electron chi connectivity index (χ4n) is 3.09. The summed E-state index contributed by atoms with van der Waals surface area (Å²) < 4.78 is 13.0. The van der Waals surface area contributed by atoms with Gasteiger partial charge in [-0.05, 0) is 49.7 Å². The average molecular weight is 363 g/mol. The van der Waals surface area contributed by atoms with Crippen molar-refractivity contribution < 1.29 is 14.3 Å². The van der Waals surface area contributed by atoms with Crippen LogP contribution in [0.4, 0.5) is 5.69 Å². The molecule has 0 saturated carbocycles. The molecule has 0 radical (unpaired) electrons. The van der Waals surface area contributed by atoms with Crippen molar-refractivity contribution in [3.8, 4) is 11.5 Å². The van der Waals surface area contributed by atoms with Crippen LogP contribution < -0.4 is 14.8 Å². The van der Waals surface area contributed by atoms with Crippen LogP contribution in [0.25, 0.3) is 0 Å². The van der Waals surface area contributed by atoms with E-state index in [0.29, 0.717) is 42.5 Å². The molecule has 6 nitrogen and oxygen atoms in total. The Kier molecular flexibility index (Phi) is 4.54. The molecule has 0 spiro atoms. The highest BCUT2D eigenvalue weighted by atomic mass is 16.6. The lowest BCUT2D eigenvalue weighted by Gasteiger charge is -2.19. The molecule has 0 saturated heterocycles. The Morgan fingerprint density at radius 2 is 1.78 bits per heavy atom. The zero-order valence-electron chi connectivity index (χ0n) is 15.4. The van der Waals surface area contributed by atoms with Crippen molar-refractivity contribution in [2.45, 2.75) is 20.4 Å². The summed E-state index contributed by atoms with van der Waals surface area (Å²) in [6.07, 6.45) is 0. The molecule has 3 aromatic rings. The number of hydrogen-bond acceptors (Lipinski definition) is 4. The maximum absolute atomic E-state index is 12.5. The molecular weight excluding hydrogens is 342 g/mol. The summed E-state index contributed by atoms with van der Waals surface area (Å²) in [5.41, 5.74) is 4.49. The van der Waals surface area contributed by atoms with Gasteiger partial charge in [-0.3, -0.25) is 9.48 Å². The molecule has 1 aromatic heterocycles. The number of rotatable bonds is 4. The maximum Gasteiger partial charge on any atom is 0.255 e. The minimum Gasteiger partial charge on any atom is -0.486 e. The van der Waals surface area contributed by atoms with E-state index < -0.39 is 0 Å². The summed E-state index contributed by atoms with van der Waals surface area (Å²) in [6.45, 7) is 5.76. The molecule has 2 aromatic carbocycles. The topological polar surface area (TPSA) is 65.4 Å². The fraction of sp³-hybridized carbons (Fsp3) is 0.238. The van der Waals surface area contributed by atoms with Crippen molar-refractivity contribution in [1.82, 2.24) is 9.78 Å². The monoisotopic (exact) mass is 363 g/mol. The Balaban J connectivity index is 1.44. The first kappa shape index (κ1) is 17.1. The Bertz CT molecular complexity index is 977. The molecule has 0 aliphatic carbocycles. The number of fused-ring (bicyclic) bond motifs is 1.